The highest BCUT2D eigenvalue weighted by Crippen LogP contribution is 2.47. The van der Waals surface area contributed by atoms with E-state index in [1.54, 1.807) is 18.0 Å². The number of thioether (sulfide) groups is 1. The molecule has 0 aromatic heterocycles. The first kappa shape index (κ1) is 18.7. The Morgan fingerprint density at radius 1 is 1.12 bits per heavy atom. The molecule has 1 fully saturated rings. The van der Waals surface area contributed by atoms with Gasteiger partial charge in [-0.3, -0.25) is 4.79 Å². The molecule has 0 radical (unpaired) electrons. The van der Waals surface area contributed by atoms with Crippen LogP contribution in [0.15, 0.2) is 58.5 Å². The Hall–Kier alpha value is -2.07. The van der Waals surface area contributed by atoms with Gasteiger partial charge in [0.2, 0.25) is 5.91 Å². The van der Waals surface area contributed by atoms with Crippen LogP contribution in [0.4, 0.5) is 0 Å². The van der Waals surface area contributed by atoms with Gasteiger partial charge in [-0.05, 0) is 52.8 Å². The van der Waals surface area contributed by atoms with E-state index in [4.69, 9.17) is 0 Å². The van der Waals surface area contributed by atoms with Crippen molar-refractivity contribution in [1.29, 1.82) is 0 Å². The molecule has 0 heterocycles. The molecule has 4 heteroatoms. The van der Waals surface area contributed by atoms with Gasteiger partial charge < -0.3 is 0 Å². The summed E-state index contributed by atoms with van der Waals surface area (Å²) >= 11 is 1.70. The van der Waals surface area contributed by atoms with Gasteiger partial charge in [0, 0.05) is 10.8 Å². The first-order chi connectivity index (χ1) is 12.4. The predicted molar refractivity (Wildman–Crippen MR) is 110 cm³/mol. The summed E-state index contributed by atoms with van der Waals surface area (Å²) in [6, 6.07) is 16.8. The molecular weight excluding hydrogens is 340 g/mol. The minimum atomic E-state index is 0.00637. The zero-order chi connectivity index (χ0) is 18.7. The van der Waals surface area contributed by atoms with Gasteiger partial charge in [-0.15, -0.1) is 11.8 Å². The average molecular weight is 367 g/mol. The number of amides is 1. The van der Waals surface area contributed by atoms with Crippen LogP contribution < -0.4 is 5.43 Å². The minimum Gasteiger partial charge on any atom is -0.273 e. The van der Waals surface area contributed by atoms with Crippen LogP contribution in [0, 0.1) is 5.92 Å². The zero-order valence-electron chi connectivity index (χ0n) is 15.8. The van der Waals surface area contributed by atoms with Crippen LogP contribution in [-0.4, -0.2) is 18.4 Å². The van der Waals surface area contributed by atoms with Crippen LogP contribution in [0.3, 0.4) is 0 Å². The molecule has 1 amide bonds. The second-order valence-corrected chi connectivity index (χ2v) is 8.71. The lowest BCUT2D eigenvalue weighted by atomic mass is 9.86. The molecule has 1 N–H and O–H groups in total. The lowest BCUT2D eigenvalue weighted by Crippen LogP contribution is -2.20. The molecule has 26 heavy (non-hydrogen) atoms. The van der Waals surface area contributed by atoms with Crippen molar-refractivity contribution in [2.45, 2.75) is 43.4 Å². The maximum Gasteiger partial charge on any atom is 0.243 e. The van der Waals surface area contributed by atoms with Crippen LogP contribution >= 0.6 is 11.8 Å². The van der Waals surface area contributed by atoms with Crippen LogP contribution in [0.25, 0.3) is 0 Å². The van der Waals surface area contributed by atoms with Crippen molar-refractivity contribution in [3.8, 4) is 0 Å². The number of hydrogen-bond acceptors (Lipinski definition) is 3. The Bertz CT molecular complexity index is 788. The average Bonchev–Trinajstić information content (AvgIpc) is 3.42. The van der Waals surface area contributed by atoms with Gasteiger partial charge in [-0.2, -0.15) is 5.10 Å². The van der Waals surface area contributed by atoms with E-state index in [2.05, 4.69) is 55.6 Å². The summed E-state index contributed by atoms with van der Waals surface area (Å²) in [7, 11) is 0. The normalized spacial score (nSPS) is 19.5. The van der Waals surface area contributed by atoms with Crippen molar-refractivity contribution in [3.63, 3.8) is 0 Å². The van der Waals surface area contributed by atoms with Gasteiger partial charge in [-0.25, -0.2) is 5.43 Å². The van der Waals surface area contributed by atoms with Gasteiger partial charge in [0.25, 0.3) is 0 Å². The Morgan fingerprint density at radius 2 is 1.77 bits per heavy atom. The molecule has 136 valence electrons. The summed E-state index contributed by atoms with van der Waals surface area (Å²) in [6.07, 6.45) is 4.64. The number of carbonyl (C=O) groups excluding carboxylic acids is 1. The Labute approximate surface area is 160 Å². The quantitative estimate of drug-likeness (QED) is 0.462. The summed E-state index contributed by atoms with van der Waals surface area (Å²) in [5.74, 6) is 0.360. The summed E-state index contributed by atoms with van der Waals surface area (Å²) in [5.41, 5.74) is 6.38. The molecule has 3 nitrogen and oxygen atoms in total. The van der Waals surface area contributed by atoms with Crippen molar-refractivity contribution < 1.29 is 4.79 Å². The second kappa shape index (κ2) is 7.67. The molecule has 0 unspecified atom stereocenters. The molecule has 0 saturated heterocycles. The van der Waals surface area contributed by atoms with E-state index < -0.39 is 0 Å². The Morgan fingerprint density at radius 3 is 2.35 bits per heavy atom. The highest BCUT2D eigenvalue weighted by Gasteiger charge is 2.43. The van der Waals surface area contributed by atoms with E-state index in [0.29, 0.717) is 5.92 Å². The first-order valence-corrected chi connectivity index (χ1v) is 10.2. The minimum absolute atomic E-state index is 0.00637. The van der Waals surface area contributed by atoms with E-state index >= 15 is 0 Å². The van der Waals surface area contributed by atoms with Crippen LogP contribution in [0.5, 0.6) is 0 Å². The number of hydrazone groups is 1. The number of hydrogen-bond donors (Lipinski definition) is 1. The molecule has 2 atom stereocenters. The SMILES string of the molecule is CSc1ccc(/C=N\NC(=O)[C@H]2C[C@@H]2c2ccc(C(C)(C)C)cc2)cc1. The molecule has 1 aliphatic carbocycles. The lowest BCUT2D eigenvalue weighted by Gasteiger charge is -2.19. The topological polar surface area (TPSA) is 41.5 Å². The van der Waals surface area contributed by atoms with Gasteiger partial charge in [0.05, 0.1) is 6.21 Å². The van der Waals surface area contributed by atoms with Crippen molar-refractivity contribution in [2.24, 2.45) is 11.0 Å². The van der Waals surface area contributed by atoms with Crippen LogP contribution in [0.2, 0.25) is 0 Å². The second-order valence-electron chi connectivity index (χ2n) is 7.83. The van der Waals surface area contributed by atoms with Gasteiger partial charge in [0.15, 0.2) is 0 Å². The van der Waals surface area contributed by atoms with E-state index in [9.17, 15) is 4.79 Å². The zero-order valence-corrected chi connectivity index (χ0v) is 16.6. The monoisotopic (exact) mass is 366 g/mol. The smallest absolute Gasteiger partial charge is 0.243 e. The fraction of sp³-hybridized carbons (Fsp3) is 0.364. The molecular formula is C22H26N2OS. The number of benzene rings is 2. The summed E-state index contributed by atoms with van der Waals surface area (Å²) in [6.45, 7) is 6.63. The summed E-state index contributed by atoms with van der Waals surface area (Å²) in [4.78, 5) is 13.5. The molecule has 2 aromatic carbocycles. The molecule has 0 aliphatic heterocycles. The molecule has 0 bridgehead atoms. The number of nitrogens with zero attached hydrogens (tertiary/aromatic N) is 1. The van der Waals surface area contributed by atoms with Gasteiger partial charge in [-0.1, -0.05) is 57.2 Å². The Kier molecular flexibility index (Phi) is 5.52. The third-order valence-corrected chi connectivity index (χ3v) is 5.58. The van der Waals surface area contributed by atoms with Crippen molar-refractivity contribution in [2.75, 3.05) is 6.26 Å². The maximum absolute atomic E-state index is 12.3. The molecule has 1 aliphatic rings. The third-order valence-electron chi connectivity index (χ3n) is 4.84. The lowest BCUT2D eigenvalue weighted by molar-refractivity contribution is -0.122. The number of nitrogens with one attached hydrogen (secondary N) is 1. The third kappa shape index (κ3) is 4.55. The van der Waals surface area contributed by atoms with E-state index in [0.717, 1.165) is 12.0 Å². The molecule has 3 rings (SSSR count). The molecule has 1 saturated carbocycles. The van der Waals surface area contributed by atoms with Crippen molar-refractivity contribution in [3.05, 3.63) is 65.2 Å². The Balaban J connectivity index is 1.53. The van der Waals surface area contributed by atoms with Crippen molar-refractivity contribution in [1.82, 2.24) is 5.43 Å². The van der Waals surface area contributed by atoms with Crippen LogP contribution in [-0.2, 0) is 10.2 Å². The maximum atomic E-state index is 12.3. The summed E-state index contributed by atoms with van der Waals surface area (Å²) in [5, 5.41) is 4.10. The highest BCUT2D eigenvalue weighted by molar-refractivity contribution is 7.98. The van der Waals surface area contributed by atoms with Gasteiger partial charge in [0.1, 0.15) is 0 Å². The van der Waals surface area contributed by atoms with E-state index in [1.807, 2.05) is 30.5 Å². The number of carbonyl (C=O) groups is 1. The fourth-order valence-electron chi connectivity index (χ4n) is 3.03. The van der Waals surface area contributed by atoms with Gasteiger partial charge >= 0.3 is 0 Å². The fourth-order valence-corrected chi connectivity index (χ4v) is 3.44. The standard InChI is InChI=1S/C22H26N2OS/c1-22(2,3)17-9-7-16(8-10-17)19-13-20(19)21(25)24-23-14-15-5-11-18(26-4)12-6-15/h5-12,14,19-20H,13H2,1-4H3,(H,24,25)/b23-14-/t19-,20+/m1/s1. The van der Waals surface area contributed by atoms with E-state index in [1.165, 1.54) is 16.0 Å². The molecule has 0 spiro atoms. The largest absolute Gasteiger partial charge is 0.273 e. The summed E-state index contributed by atoms with van der Waals surface area (Å²) < 4.78 is 0. The van der Waals surface area contributed by atoms with Crippen molar-refractivity contribution >= 4 is 23.9 Å². The first-order valence-electron chi connectivity index (χ1n) is 8.96. The number of rotatable bonds is 5. The van der Waals surface area contributed by atoms with Crippen LogP contribution in [0.1, 0.15) is 49.8 Å². The van der Waals surface area contributed by atoms with E-state index in [-0.39, 0.29) is 17.2 Å². The predicted octanol–water partition coefficient (Wildman–Crippen LogP) is 4.96. The molecule has 2 aromatic rings. The highest BCUT2D eigenvalue weighted by atomic mass is 32.2.